The smallest absolute Gasteiger partial charge is 0.257 e. The minimum absolute atomic E-state index is 0.0272. The van der Waals surface area contributed by atoms with Gasteiger partial charge in [-0.25, -0.2) is 4.98 Å². The minimum Gasteiger partial charge on any atom is -0.409 e. The Labute approximate surface area is 224 Å². The molecule has 8 heteroatoms. The molecular formula is C30H40N4O4. The number of ether oxygens (including phenoxy) is 1. The molecule has 1 atom stereocenters. The molecular weight excluding hydrogens is 480 g/mol. The van der Waals surface area contributed by atoms with Crippen LogP contribution in [0.2, 0.25) is 0 Å². The maximum Gasteiger partial charge on any atom is 0.257 e. The fraction of sp³-hybridized carbons (Fsp3) is 0.433. The van der Waals surface area contributed by atoms with Gasteiger partial charge in [-0.3, -0.25) is 9.36 Å². The van der Waals surface area contributed by atoms with Crippen molar-refractivity contribution >= 4 is 5.84 Å². The Balaban J connectivity index is 2.05. The van der Waals surface area contributed by atoms with Gasteiger partial charge in [-0.15, -0.1) is 0 Å². The van der Waals surface area contributed by atoms with Crippen LogP contribution in [0.25, 0.3) is 11.1 Å². The van der Waals surface area contributed by atoms with Crippen molar-refractivity contribution < 1.29 is 15.1 Å². The summed E-state index contributed by atoms with van der Waals surface area (Å²) in [7, 11) is 0. The lowest BCUT2D eigenvalue weighted by Gasteiger charge is -2.26. The molecule has 0 fully saturated rings. The molecule has 38 heavy (non-hydrogen) atoms. The average molecular weight is 521 g/mol. The van der Waals surface area contributed by atoms with E-state index in [1.165, 1.54) is 0 Å². The van der Waals surface area contributed by atoms with Gasteiger partial charge in [0, 0.05) is 30.6 Å². The SMILES string of the molecule is CCCCc1nc(C(C)C)c(CC(C)(O)OCC)c(=O)n1Cc1ccc(-c2ccccc2C(N)=NO)cc1. The molecule has 4 N–H and O–H groups in total. The molecule has 8 nitrogen and oxygen atoms in total. The molecule has 0 amide bonds. The van der Waals surface area contributed by atoms with Crippen molar-refractivity contribution in [3.8, 4) is 11.1 Å². The van der Waals surface area contributed by atoms with E-state index in [0.29, 0.717) is 36.4 Å². The standard InChI is InChI=1S/C30H40N4O4/c1-6-8-13-26-32-27(20(3)4)25(18-30(5,36)38-7-2)29(35)34(26)19-21-14-16-22(17-15-21)23-11-9-10-12-24(23)28(31)33-37/h9-12,14-17,20,36-37H,6-8,13,18-19H2,1-5H3,(H2,31,33). The summed E-state index contributed by atoms with van der Waals surface area (Å²) in [6, 6.07) is 15.3. The molecule has 204 valence electrons. The van der Waals surface area contributed by atoms with Crippen LogP contribution in [0.3, 0.4) is 0 Å². The lowest BCUT2D eigenvalue weighted by molar-refractivity contribution is -0.185. The van der Waals surface area contributed by atoms with Gasteiger partial charge in [0.05, 0.1) is 12.2 Å². The van der Waals surface area contributed by atoms with E-state index in [2.05, 4.69) is 12.1 Å². The zero-order chi connectivity index (χ0) is 27.9. The predicted octanol–water partition coefficient (Wildman–Crippen LogP) is 4.81. The minimum atomic E-state index is -1.46. The number of aliphatic hydroxyl groups is 1. The first-order chi connectivity index (χ1) is 18.1. The molecule has 0 aliphatic heterocycles. The van der Waals surface area contributed by atoms with Gasteiger partial charge < -0.3 is 20.8 Å². The normalized spacial score (nSPS) is 13.6. The van der Waals surface area contributed by atoms with E-state index in [1.54, 1.807) is 17.6 Å². The number of nitrogens with zero attached hydrogens (tertiary/aromatic N) is 3. The van der Waals surface area contributed by atoms with Crippen molar-refractivity contribution in [1.29, 1.82) is 0 Å². The van der Waals surface area contributed by atoms with Crippen LogP contribution in [0.5, 0.6) is 0 Å². The first-order valence-electron chi connectivity index (χ1n) is 13.3. The lowest BCUT2D eigenvalue weighted by atomic mass is 9.97. The molecule has 0 saturated heterocycles. The Bertz CT molecular complexity index is 1310. The summed E-state index contributed by atoms with van der Waals surface area (Å²) in [5.74, 6) is -0.638. The Morgan fingerprint density at radius 1 is 1.16 bits per heavy atom. The van der Waals surface area contributed by atoms with E-state index in [4.69, 9.17) is 20.7 Å². The maximum atomic E-state index is 13.9. The van der Waals surface area contributed by atoms with Crippen molar-refractivity contribution in [1.82, 2.24) is 9.55 Å². The number of oxime groups is 1. The second kappa shape index (κ2) is 12.8. The van der Waals surface area contributed by atoms with Crippen LogP contribution in [-0.4, -0.2) is 38.1 Å². The van der Waals surface area contributed by atoms with Crippen LogP contribution in [0, 0.1) is 0 Å². The van der Waals surface area contributed by atoms with Crippen molar-refractivity contribution in [3.05, 3.63) is 87.1 Å². The Hall–Kier alpha value is -3.49. The topological polar surface area (TPSA) is 123 Å². The summed E-state index contributed by atoms with van der Waals surface area (Å²) in [4.78, 5) is 18.9. The van der Waals surface area contributed by atoms with Gasteiger partial charge in [-0.05, 0) is 42.9 Å². The molecule has 0 radical (unpaired) electrons. The summed E-state index contributed by atoms with van der Waals surface area (Å²) in [5.41, 5.74) is 10.3. The number of hydrogen-bond donors (Lipinski definition) is 3. The number of unbranched alkanes of at least 4 members (excludes halogenated alkanes) is 1. The third-order valence-electron chi connectivity index (χ3n) is 6.55. The molecule has 0 spiro atoms. The molecule has 0 bridgehead atoms. The van der Waals surface area contributed by atoms with Crippen LogP contribution in [0.1, 0.15) is 81.6 Å². The van der Waals surface area contributed by atoms with Gasteiger partial charge in [0.25, 0.3) is 5.56 Å². The summed E-state index contributed by atoms with van der Waals surface area (Å²) in [6.07, 6.45) is 2.67. The number of aryl methyl sites for hydroxylation is 1. The lowest BCUT2D eigenvalue weighted by Crippen LogP contribution is -2.38. The summed E-state index contributed by atoms with van der Waals surface area (Å²) >= 11 is 0. The molecule has 3 rings (SSSR count). The Kier molecular flexibility index (Phi) is 9.83. The van der Waals surface area contributed by atoms with E-state index in [-0.39, 0.29) is 23.7 Å². The van der Waals surface area contributed by atoms with Crippen LogP contribution in [0.4, 0.5) is 0 Å². The Morgan fingerprint density at radius 2 is 1.84 bits per heavy atom. The number of aromatic nitrogens is 2. The summed E-state index contributed by atoms with van der Waals surface area (Å²) in [5, 5.41) is 23.1. The summed E-state index contributed by atoms with van der Waals surface area (Å²) < 4.78 is 7.25. The third-order valence-corrected chi connectivity index (χ3v) is 6.55. The van der Waals surface area contributed by atoms with Crippen molar-refractivity contribution in [2.24, 2.45) is 10.9 Å². The molecule has 0 saturated carbocycles. The van der Waals surface area contributed by atoms with Gasteiger partial charge >= 0.3 is 0 Å². The van der Waals surface area contributed by atoms with Gasteiger partial charge in [0.2, 0.25) is 0 Å². The van der Waals surface area contributed by atoms with Crippen LogP contribution in [-0.2, 0) is 24.1 Å². The fourth-order valence-corrected chi connectivity index (χ4v) is 4.66. The largest absolute Gasteiger partial charge is 0.409 e. The average Bonchev–Trinajstić information content (AvgIpc) is 2.90. The zero-order valence-corrected chi connectivity index (χ0v) is 23.1. The molecule has 0 aliphatic rings. The van der Waals surface area contributed by atoms with Crippen molar-refractivity contribution in [2.75, 3.05) is 6.61 Å². The fourth-order valence-electron chi connectivity index (χ4n) is 4.66. The van der Waals surface area contributed by atoms with E-state index in [9.17, 15) is 9.90 Å². The van der Waals surface area contributed by atoms with Crippen molar-refractivity contribution in [2.45, 2.75) is 78.6 Å². The highest BCUT2D eigenvalue weighted by atomic mass is 16.6. The molecule has 0 aliphatic carbocycles. The van der Waals surface area contributed by atoms with Gasteiger partial charge in [-0.2, -0.15) is 0 Å². The second-order valence-corrected chi connectivity index (χ2v) is 10.1. The number of benzene rings is 2. The van der Waals surface area contributed by atoms with Crippen LogP contribution >= 0.6 is 0 Å². The first-order valence-corrected chi connectivity index (χ1v) is 13.3. The molecule has 1 unspecified atom stereocenters. The highest BCUT2D eigenvalue weighted by molar-refractivity contribution is 6.03. The first kappa shape index (κ1) is 29.1. The van der Waals surface area contributed by atoms with E-state index in [0.717, 1.165) is 35.4 Å². The molecule has 1 heterocycles. The molecule has 2 aromatic carbocycles. The molecule has 1 aromatic heterocycles. The van der Waals surface area contributed by atoms with Gasteiger partial charge in [0.15, 0.2) is 11.6 Å². The Morgan fingerprint density at radius 3 is 2.45 bits per heavy atom. The van der Waals surface area contributed by atoms with E-state index < -0.39 is 5.79 Å². The number of nitrogens with two attached hydrogens (primary N) is 1. The zero-order valence-electron chi connectivity index (χ0n) is 23.1. The highest BCUT2D eigenvalue weighted by Gasteiger charge is 2.28. The highest BCUT2D eigenvalue weighted by Crippen LogP contribution is 2.25. The van der Waals surface area contributed by atoms with Gasteiger partial charge in [-0.1, -0.05) is 80.9 Å². The van der Waals surface area contributed by atoms with Crippen LogP contribution < -0.4 is 11.3 Å². The van der Waals surface area contributed by atoms with Gasteiger partial charge in [0.1, 0.15) is 5.82 Å². The quantitative estimate of drug-likeness (QED) is 0.104. The van der Waals surface area contributed by atoms with E-state index in [1.807, 2.05) is 63.2 Å². The predicted molar refractivity (Wildman–Crippen MR) is 151 cm³/mol. The van der Waals surface area contributed by atoms with Crippen molar-refractivity contribution in [3.63, 3.8) is 0 Å². The third kappa shape index (κ3) is 6.88. The number of hydrogen-bond acceptors (Lipinski definition) is 6. The monoisotopic (exact) mass is 520 g/mol. The summed E-state index contributed by atoms with van der Waals surface area (Å²) in [6.45, 7) is 10.2. The van der Waals surface area contributed by atoms with Crippen LogP contribution in [0.15, 0.2) is 58.5 Å². The maximum absolute atomic E-state index is 13.9. The van der Waals surface area contributed by atoms with E-state index >= 15 is 0 Å². The number of amidine groups is 1. The molecule has 3 aromatic rings. The second-order valence-electron chi connectivity index (χ2n) is 10.1. The number of rotatable bonds is 12.